The van der Waals surface area contributed by atoms with Crippen molar-refractivity contribution < 1.29 is 0 Å². The maximum Gasteiger partial charge on any atom is 0.0432 e. The van der Waals surface area contributed by atoms with Crippen molar-refractivity contribution in [2.75, 3.05) is 25.4 Å². The predicted molar refractivity (Wildman–Crippen MR) is 75.0 cm³/mol. The lowest BCUT2D eigenvalue weighted by atomic mass is 9.92. The van der Waals surface area contributed by atoms with Crippen LogP contribution < -0.4 is 5.73 Å². The quantitative estimate of drug-likeness (QED) is 0.779. The fourth-order valence-electron chi connectivity index (χ4n) is 2.61. The molecule has 0 aromatic carbocycles. The number of hydrogen-bond acceptors (Lipinski definition) is 3. The van der Waals surface area contributed by atoms with Crippen LogP contribution in [-0.4, -0.2) is 41.1 Å². The summed E-state index contributed by atoms with van der Waals surface area (Å²) >= 11 is 2.09. The van der Waals surface area contributed by atoms with Crippen molar-refractivity contribution in [1.29, 1.82) is 0 Å². The molecular formula is C13H28N2S. The highest BCUT2D eigenvalue weighted by molar-refractivity contribution is 8.00. The third-order valence-corrected chi connectivity index (χ3v) is 5.41. The Morgan fingerprint density at radius 1 is 1.50 bits per heavy atom. The van der Waals surface area contributed by atoms with Gasteiger partial charge in [-0.3, -0.25) is 4.90 Å². The van der Waals surface area contributed by atoms with Gasteiger partial charge in [0.25, 0.3) is 0 Å². The van der Waals surface area contributed by atoms with Crippen LogP contribution in [0.25, 0.3) is 0 Å². The van der Waals surface area contributed by atoms with E-state index in [0.717, 1.165) is 24.3 Å². The smallest absolute Gasteiger partial charge is 0.0432 e. The fraction of sp³-hybridized carbons (Fsp3) is 1.00. The SMILES string of the molecule is CCC(C)CN(CC)C1(CN)CSC(C)C1. The van der Waals surface area contributed by atoms with Gasteiger partial charge in [-0.15, -0.1) is 0 Å². The van der Waals surface area contributed by atoms with Gasteiger partial charge >= 0.3 is 0 Å². The molecule has 0 radical (unpaired) electrons. The molecule has 16 heavy (non-hydrogen) atoms. The van der Waals surface area contributed by atoms with Gasteiger partial charge < -0.3 is 5.73 Å². The number of thioether (sulfide) groups is 1. The third kappa shape index (κ3) is 3.14. The molecule has 3 atom stereocenters. The molecule has 2 nitrogen and oxygen atoms in total. The monoisotopic (exact) mass is 244 g/mol. The van der Waals surface area contributed by atoms with E-state index in [2.05, 4.69) is 44.4 Å². The second kappa shape index (κ2) is 6.27. The van der Waals surface area contributed by atoms with Crippen LogP contribution in [0.5, 0.6) is 0 Å². The van der Waals surface area contributed by atoms with E-state index in [0.29, 0.717) is 0 Å². The molecule has 1 fully saturated rings. The van der Waals surface area contributed by atoms with Gasteiger partial charge in [-0.2, -0.15) is 11.8 Å². The highest BCUT2D eigenvalue weighted by Crippen LogP contribution is 2.38. The van der Waals surface area contributed by atoms with Crippen molar-refractivity contribution in [3.05, 3.63) is 0 Å². The molecule has 1 rings (SSSR count). The molecule has 0 amide bonds. The zero-order valence-corrected chi connectivity index (χ0v) is 12.1. The Morgan fingerprint density at radius 2 is 2.19 bits per heavy atom. The summed E-state index contributed by atoms with van der Waals surface area (Å²) in [6.07, 6.45) is 2.53. The number of nitrogens with zero attached hydrogens (tertiary/aromatic N) is 1. The molecule has 0 spiro atoms. The summed E-state index contributed by atoms with van der Waals surface area (Å²) < 4.78 is 0. The van der Waals surface area contributed by atoms with Crippen molar-refractivity contribution in [3.8, 4) is 0 Å². The molecule has 2 N–H and O–H groups in total. The number of rotatable bonds is 6. The van der Waals surface area contributed by atoms with Crippen LogP contribution in [0.1, 0.15) is 40.5 Å². The van der Waals surface area contributed by atoms with Crippen molar-refractivity contribution in [2.24, 2.45) is 11.7 Å². The van der Waals surface area contributed by atoms with E-state index in [4.69, 9.17) is 5.73 Å². The van der Waals surface area contributed by atoms with Gasteiger partial charge in [0, 0.05) is 29.6 Å². The van der Waals surface area contributed by atoms with E-state index < -0.39 is 0 Å². The second-order valence-corrected chi connectivity index (χ2v) is 6.73. The molecular weight excluding hydrogens is 216 g/mol. The predicted octanol–water partition coefficient (Wildman–Crippen LogP) is 2.58. The Kier molecular flexibility index (Phi) is 5.62. The molecule has 96 valence electrons. The van der Waals surface area contributed by atoms with E-state index in [9.17, 15) is 0 Å². The fourth-order valence-corrected chi connectivity index (χ4v) is 4.05. The molecule has 0 aromatic rings. The van der Waals surface area contributed by atoms with Crippen molar-refractivity contribution in [3.63, 3.8) is 0 Å². The second-order valence-electron chi connectivity index (χ2n) is 5.31. The molecule has 0 aromatic heterocycles. The van der Waals surface area contributed by atoms with Crippen molar-refractivity contribution in [1.82, 2.24) is 4.90 Å². The molecule has 0 aliphatic carbocycles. The van der Waals surface area contributed by atoms with Crippen LogP contribution in [0.4, 0.5) is 0 Å². The van der Waals surface area contributed by atoms with E-state index in [-0.39, 0.29) is 5.54 Å². The Labute approximate surface area is 105 Å². The van der Waals surface area contributed by atoms with E-state index >= 15 is 0 Å². The summed E-state index contributed by atoms with van der Waals surface area (Å²) in [5.74, 6) is 2.00. The normalized spacial score (nSPS) is 32.2. The Hall–Kier alpha value is 0.270. The average Bonchev–Trinajstić information content (AvgIpc) is 2.68. The third-order valence-electron chi connectivity index (χ3n) is 3.97. The molecule has 0 bridgehead atoms. The Morgan fingerprint density at radius 3 is 2.56 bits per heavy atom. The molecule has 1 aliphatic heterocycles. The van der Waals surface area contributed by atoms with Gasteiger partial charge in [-0.25, -0.2) is 0 Å². The van der Waals surface area contributed by atoms with Crippen LogP contribution in [0.3, 0.4) is 0 Å². The molecule has 1 aliphatic rings. The molecule has 3 unspecified atom stereocenters. The van der Waals surface area contributed by atoms with E-state index in [1.54, 1.807) is 0 Å². The van der Waals surface area contributed by atoms with Gasteiger partial charge in [0.15, 0.2) is 0 Å². The van der Waals surface area contributed by atoms with Crippen LogP contribution in [0.2, 0.25) is 0 Å². The van der Waals surface area contributed by atoms with E-state index in [1.165, 1.54) is 25.1 Å². The zero-order chi connectivity index (χ0) is 12.2. The van der Waals surface area contributed by atoms with Crippen molar-refractivity contribution >= 4 is 11.8 Å². The molecule has 1 heterocycles. The summed E-state index contributed by atoms with van der Waals surface area (Å²) in [7, 11) is 0. The minimum atomic E-state index is 0.280. The van der Waals surface area contributed by atoms with Crippen LogP contribution in [0, 0.1) is 5.92 Å². The summed E-state index contributed by atoms with van der Waals surface area (Å²) in [6.45, 7) is 12.4. The first-order chi connectivity index (χ1) is 7.57. The Bertz CT molecular complexity index is 210. The maximum atomic E-state index is 6.07. The largest absolute Gasteiger partial charge is 0.329 e. The molecule has 1 saturated heterocycles. The van der Waals surface area contributed by atoms with Gasteiger partial charge in [0.2, 0.25) is 0 Å². The number of nitrogens with two attached hydrogens (primary N) is 1. The van der Waals surface area contributed by atoms with E-state index in [1.807, 2.05) is 0 Å². The minimum absolute atomic E-state index is 0.280. The highest BCUT2D eigenvalue weighted by Gasteiger charge is 2.41. The lowest BCUT2D eigenvalue weighted by Gasteiger charge is -2.41. The Balaban J connectivity index is 2.68. The summed E-state index contributed by atoms with van der Waals surface area (Å²) in [4.78, 5) is 2.64. The summed E-state index contributed by atoms with van der Waals surface area (Å²) in [5.41, 5.74) is 6.35. The summed E-state index contributed by atoms with van der Waals surface area (Å²) in [6, 6.07) is 0. The van der Waals surface area contributed by atoms with Crippen LogP contribution in [0.15, 0.2) is 0 Å². The zero-order valence-electron chi connectivity index (χ0n) is 11.3. The first-order valence-electron chi connectivity index (χ1n) is 6.64. The van der Waals surface area contributed by atoms with Crippen LogP contribution >= 0.6 is 11.8 Å². The lowest BCUT2D eigenvalue weighted by molar-refractivity contribution is 0.101. The molecule has 3 heteroatoms. The van der Waals surface area contributed by atoms with Gasteiger partial charge in [-0.05, 0) is 18.9 Å². The summed E-state index contributed by atoms with van der Waals surface area (Å²) in [5, 5.41) is 0.773. The number of likely N-dealkylation sites (N-methyl/N-ethyl adjacent to an activating group) is 1. The molecule has 0 saturated carbocycles. The lowest BCUT2D eigenvalue weighted by Crippen LogP contribution is -2.55. The van der Waals surface area contributed by atoms with Gasteiger partial charge in [0.05, 0.1) is 0 Å². The van der Waals surface area contributed by atoms with Crippen LogP contribution in [-0.2, 0) is 0 Å². The van der Waals surface area contributed by atoms with Crippen molar-refractivity contribution in [2.45, 2.75) is 51.3 Å². The first-order valence-corrected chi connectivity index (χ1v) is 7.69. The first kappa shape index (κ1) is 14.3. The average molecular weight is 244 g/mol. The number of hydrogen-bond donors (Lipinski definition) is 1. The standard InChI is InChI=1S/C13H28N2S/c1-5-11(3)8-15(6-2)13(9-14)7-12(4)16-10-13/h11-12H,5-10,14H2,1-4H3. The highest BCUT2D eigenvalue weighted by atomic mass is 32.2. The topological polar surface area (TPSA) is 29.3 Å². The minimum Gasteiger partial charge on any atom is -0.329 e. The van der Waals surface area contributed by atoms with Gasteiger partial charge in [0.1, 0.15) is 0 Å². The maximum absolute atomic E-state index is 6.07. The van der Waals surface area contributed by atoms with Gasteiger partial charge in [-0.1, -0.05) is 34.1 Å².